The highest BCUT2D eigenvalue weighted by Gasteiger charge is 2.15. The van der Waals surface area contributed by atoms with Gasteiger partial charge in [0.15, 0.2) is 11.7 Å². The molecule has 0 N–H and O–H groups in total. The molecule has 0 atom stereocenters. The minimum atomic E-state index is 0.192. The number of rotatable bonds is 3. The number of thiazole rings is 1. The molecule has 2 aromatic rings. The van der Waals surface area contributed by atoms with Gasteiger partial charge >= 0.3 is 0 Å². The molecule has 2 nitrogen and oxygen atoms in total. The van der Waals surface area contributed by atoms with Crippen LogP contribution < -0.4 is 4.57 Å². The summed E-state index contributed by atoms with van der Waals surface area (Å²) in [5.41, 5.74) is 1.27. The van der Waals surface area contributed by atoms with Crippen LogP contribution in [0, 0.1) is 6.92 Å². The van der Waals surface area contributed by atoms with E-state index in [1.54, 1.807) is 18.3 Å². The van der Waals surface area contributed by atoms with Crippen molar-refractivity contribution in [1.29, 1.82) is 0 Å². The summed E-state index contributed by atoms with van der Waals surface area (Å²) < 4.78 is 3.60. The van der Waals surface area contributed by atoms with Crippen LogP contribution >= 0.6 is 23.1 Å². The normalized spacial score (nSPS) is 10.9. The number of thioether (sulfide) groups is 1. The lowest BCUT2D eigenvalue weighted by atomic mass is 10.3. The molecule has 0 aliphatic carbocycles. The van der Waals surface area contributed by atoms with Crippen molar-refractivity contribution in [2.75, 3.05) is 5.75 Å². The summed E-state index contributed by atoms with van der Waals surface area (Å²) in [7, 11) is 0. The van der Waals surface area contributed by atoms with Gasteiger partial charge in [0.1, 0.15) is 4.70 Å². The molecule has 1 heterocycles. The van der Waals surface area contributed by atoms with Gasteiger partial charge in [-0.15, -0.1) is 0 Å². The van der Waals surface area contributed by atoms with Gasteiger partial charge in [-0.1, -0.05) is 35.2 Å². The molecule has 0 radical (unpaired) electrons. The minimum Gasteiger partial charge on any atom is -0.288 e. The van der Waals surface area contributed by atoms with Crippen molar-refractivity contribution in [2.45, 2.75) is 20.4 Å². The number of para-hydroxylation sites is 1. The van der Waals surface area contributed by atoms with E-state index in [0.29, 0.717) is 0 Å². The quantitative estimate of drug-likeness (QED) is 0.783. The highest BCUT2D eigenvalue weighted by atomic mass is 32.2. The van der Waals surface area contributed by atoms with E-state index in [9.17, 15) is 4.79 Å². The van der Waals surface area contributed by atoms with Gasteiger partial charge in [-0.2, -0.15) is 4.57 Å². The van der Waals surface area contributed by atoms with E-state index < -0.39 is 0 Å². The molecule has 1 aromatic carbocycles. The molecule has 0 saturated carbocycles. The van der Waals surface area contributed by atoms with Crippen LogP contribution in [0.25, 0.3) is 10.2 Å². The van der Waals surface area contributed by atoms with Gasteiger partial charge in [0.2, 0.25) is 10.5 Å². The van der Waals surface area contributed by atoms with Crippen LogP contribution in [0.2, 0.25) is 0 Å². The number of aromatic nitrogens is 1. The van der Waals surface area contributed by atoms with Crippen molar-refractivity contribution in [3.8, 4) is 0 Å². The Hall–Kier alpha value is -0.870. The fraction of sp³-hybridized carbons (Fsp3) is 0.333. The van der Waals surface area contributed by atoms with Crippen molar-refractivity contribution in [1.82, 2.24) is 0 Å². The molecule has 0 unspecified atom stereocenters. The third-order valence-electron chi connectivity index (χ3n) is 2.41. The van der Waals surface area contributed by atoms with Crippen LogP contribution in [0.4, 0.5) is 0 Å². The van der Waals surface area contributed by atoms with E-state index >= 15 is 0 Å². The van der Waals surface area contributed by atoms with E-state index in [-0.39, 0.29) is 5.12 Å². The van der Waals surface area contributed by atoms with Crippen LogP contribution in [-0.2, 0) is 11.3 Å². The van der Waals surface area contributed by atoms with Gasteiger partial charge in [0, 0.05) is 19.9 Å². The molecule has 1 aromatic heterocycles. The largest absolute Gasteiger partial charge is 0.288 e. The molecule has 16 heavy (non-hydrogen) atoms. The molecule has 0 fully saturated rings. The van der Waals surface area contributed by atoms with Crippen LogP contribution in [0.5, 0.6) is 0 Å². The standard InChI is InChI=1S/C12H14NOS2/c1-9-13(7-8-15-10(2)14)11-5-3-4-6-12(11)16-9/h3-6H,7-8H2,1-2H3/q+1. The number of carbonyl (C=O) groups excluding carboxylic acids is 1. The van der Waals surface area contributed by atoms with Crippen molar-refractivity contribution in [3.05, 3.63) is 29.3 Å². The number of fused-ring (bicyclic) bond motifs is 1. The topological polar surface area (TPSA) is 20.9 Å². The van der Waals surface area contributed by atoms with Crippen LogP contribution in [-0.4, -0.2) is 10.9 Å². The Balaban J connectivity index is 2.22. The van der Waals surface area contributed by atoms with Gasteiger partial charge < -0.3 is 0 Å². The lowest BCUT2D eigenvalue weighted by Crippen LogP contribution is -2.36. The summed E-state index contributed by atoms with van der Waals surface area (Å²) in [6.45, 7) is 4.65. The molecule has 2 rings (SSSR count). The van der Waals surface area contributed by atoms with E-state index in [0.717, 1.165) is 12.3 Å². The first-order valence-corrected chi connectivity index (χ1v) is 7.00. The second kappa shape index (κ2) is 4.97. The Morgan fingerprint density at radius 1 is 1.44 bits per heavy atom. The molecule has 84 valence electrons. The zero-order valence-corrected chi connectivity index (χ0v) is 11.0. The molecule has 0 saturated heterocycles. The van der Waals surface area contributed by atoms with Crippen molar-refractivity contribution < 1.29 is 9.36 Å². The number of aryl methyl sites for hydroxylation is 2. The van der Waals surface area contributed by atoms with E-state index in [1.165, 1.54) is 27.0 Å². The van der Waals surface area contributed by atoms with Gasteiger partial charge in [-0.05, 0) is 6.07 Å². The summed E-state index contributed by atoms with van der Waals surface area (Å²) in [6, 6.07) is 8.40. The first kappa shape index (κ1) is 11.6. The maximum absolute atomic E-state index is 10.9. The zero-order valence-electron chi connectivity index (χ0n) is 9.40. The summed E-state index contributed by atoms with van der Waals surface area (Å²) in [5, 5.41) is 1.49. The lowest BCUT2D eigenvalue weighted by Gasteiger charge is -1.95. The summed E-state index contributed by atoms with van der Waals surface area (Å²) >= 11 is 3.20. The summed E-state index contributed by atoms with van der Waals surface area (Å²) in [6.07, 6.45) is 0. The molecule has 0 amide bonds. The van der Waals surface area contributed by atoms with Crippen LogP contribution in [0.1, 0.15) is 11.9 Å². The number of nitrogens with zero attached hydrogens (tertiary/aromatic N) is 1. The number of carbonyl (C=O) groups is 1. The van der Waals surface area contributed by atoms with E-state index in [4.69, 9.17) is 0 Å². The van der Waals surface area contributed by atoms with E-state index in [1.807, 2.05) is 0 Å². The second-order valence-corrected chi connectivity index (χ2v) is 6.09. The first-order valence-electron chi connectivity index (χ1n) is 5.20. The van der Waals surface area contributed by atoms with Crippen molar-refractivity contribution >= 4 is 38.4 Å². The maximum atomic E-state index is 10.9. The smallest absolute Gasteiger partial charge is 0.235 e. The molecule has 4 heteroatoms. The zero-order chi connectivity index (χ0) is 11.5. The number of hydrogen-bond donors (Lipinski definition) is 0. The van der Waals surface area contributed by atoms with E-state index in [2.05, 4.69) is 35.8 Å². The predicted octanol–water partition coefficient (Wildman–Crippen LogP) is 2.78. The van der Waals surface area contributed by atoms with Gasteiger partial charge in [-0.25, -0.2) is 0 Å². The first-order chi connectivity index (χ1) is 7.68. The molecular formula is C12H14NOS2+. The Labute approximate surface area is 103 Å². The third-order valence-corrected chi connectivity index (χ3v) is 4.29. The fourth-order valence-electron chi connectivity index (χ4n) is 1.71. The Bertz CT molecular complexity index is 519. The highest BCUT2D eigenvalue weighted by molar-refractivity contribution is 8.13. The number of benzene rings is 1. The second-order valence-electron chi connectivity index (χ2n) is 3.58. The van der Waals surface area contributed by atoms with Gasteiger partial charge in [-0.3, -0.25) is 4.79 Å². The lowest BCUT2D eigenvalue weighted by molar-refractivity contribution is -0.668. The summed E-state index contributed by atoms with van der Waals surface area (Å²) in [4.78, 5) is 10.9. The molecule has 0 aliphatic heterocycles. The molecular weight excluding hydrogens is 238 g/mol. The molecule has 0 spiro atoms. The maximum Gasteiger partial charge on any atom is 0.235 e. The average molecular weight is 252 g/mol. The fourth-order valence-corrected chi connectivity index (χ4v) is 3.32. The van der Waals surface area contributed by atoms with Crippen molar-refractivity contribution in [2.24, 2.45) is 0 Å². The van der Waals surface area contributed by atoms with Crippen LogP contribution in [0.3, 0.4) is 0 Å². The highest BCUT2D eigenvalue weighted by Crippen LogP contribution is 2.19. The molecule has 0 bridgehead atoms. The SMILES string of the molecule is CC(=O)SCC[n+]1c(C)sc2ccccc21. The Morgan fingerprint density at radius 2 is 2.19 bits per heavy atom. The third kappa shape index (κ3) is 2.44. The average Bonchev–Trinajstić information content (AvgIpc) is 2.55. The van der Waals surface area contributed by atoms with Gasteiger partial charge in [0.25, 0.3) is 0 Å². The molecule has 0 aliphatic rings. The van der Waals surface area contributed by atoms with Crippen LogP contribution in [0.15, 0.2) is 24.3 Å². The number of hydrogen-bond acceptors (Lipinski definition) is 3. The monoisotopic (exact) mass is 252 g/mol. The van der Waals surface area contributed by atoms with Crippen molar-refractivity contribution in [3.63, 3.8) is 0 Å². The summed E-state index contributed by atoms with van der Waals surface area (Å²) in [5.74, 6) is 0.849. The Morgan fingerprint density at radius 3 is 2.94 bits per heavy atom. The minimum absolute atomic E-state index is 0.192. The Kier molecular flexibility index (Phi) is 3.61. The predicted molar refractivity (Wildman–Crippen MR) is 69.9 cm³/mol. The van der Waals surface area contributed by atoms with Gasteiger partial charge in [0.05, 0.1) is 5.75 Å².